The zero-order valence-corrected chi connectivity index (χ0v) is 20.7. The fourth-order valence-corrected chi connectivity index (χ4v) is 4.89. The molecule has 34 heavy (non-hydrogen) atoms. The van der Waals surface area contributed by atoms with E-state index in [1.165, 1.54) is 11.1 Å². The Bertz CT molecular complexity index is 1490. The Morgan fingerprint density at radius 1 is 0.941 bits per heavy atom. The van der Waals surface area contributed by atoms with Gasteiger partial charge < -0.3 is 10.1 Å². The lowest BCUT2D eigenvalue weighted by molar-refractivity contribution is 0.415. The van der Waals surface area contributed by atoms with Crippen molar-refractivity contribution in [2.75, 3.05) is 12.4 Å². The molecular formula is C26H26N6OS. The monoisotopic (exact) mass is 470 g/mol. The summed E-state index contributed by atoms with van der Waals surface area (Å²) in [4.78, 5) is 14.2. The van der Waals surface area contributed by atoms with Crippen LogP contribution < -0.4 is 10.1 Å². The smallest absolute Gasteiger partial charge is 0.213 e. The van der Waals surface area contributed by atoms with Gasteiger partial charge in [-0.3, -0.25) is 0 Å². The third-order valence-corrected chi connectivity index (χ3v) is 6.66. The van der Waals surface area contributed by atoms with Crippen molar-refractivity contribution >= 4 is 33.2 Å². The first-order valence-electron chi connectivity index (χ1n) is 11.1. The van der Waals surface area contributed by atoms with E-state index >= 15 is 0 Å². The number of nitrogens with one attached hydrogen (secondary N) is 1. The number of aromatic nitrogens is 5. The van der Waals surface area contributed by atoms with Crippen LogP contribution in [0, 0.1) is 27.7 Å². The van der Waals surface area contributed by atoms with Gasteiger partial charge >= 0.3 is 0 Å². The molecule has 0 unspecified atom stereocenters. The van der Waals surface area contributed by atoms with Crippen molar-refractivity contribution in [3.05, 3.63) is 82.4 Å². The number of hydrogen-bond acceptors (Lipinski definition) is 7. The summed E-state index contributed by atoms with van der Waals surface area (Å²) in [6.07, 6.45) is 0.739. The zero-order chi connectivity index (χ0) is 23.8. The Kier molecular flexibility index (Phi) is 5.75. The molecular weight excluding hydrogens is 444 g/mol. The summed E-state index contributed by atoms with van der Waals surface area (Å²) in [6.45, 7) is 8.02. The van der Waals surface area contributed by atoms with Crippen LogP contribution in [0.2, 0.25) is 0 Å². The van der Waals surface area contributed by atoms with Crippen molar-refractivity contribution in [1.29, 1.82) is 0 Å². The second-order valence-corrected chi connectivity index (χ2v) is 9.39. The molecule has 0 saturated heterocycles. The highest BCUT2D eigenvalue weighted by Gasteiger charge is 2.17. The van der Waals surface area contributed by atoms with Crippen LogP contribution in [0.5, 0.6) is 5.75 Å². The van der Waals surface area contributed by atoms with Crippen LogP contribution in [0.4, 0.5) is 11.6 Å². The predicted octanol–water partition coefficient (Wildman–Crippen LogP) is 5.85. The van der Waals surface area contributed by atoms with E-state index in [9.17, 15) is 0 Å². The van der Waals surface area contributed by atoms with Gasteiger partial charge in [-0.25, -0.2) is 15.0 Å². The first-order valence-corrected chi connectivity index (χ1v) is 11.9. The number of ether oxygens (including phenoxy) is 1. The van der Waals surface area contributed by atoms with Crippen LogP contribution in [-0.2, 0) is 6.42 Å². The van der Waals surface area contributed by atoms with Crippen LogP contribution in [0.25, 0.3) is 15.3 Å². The summed E-state index contributed by atoms with van der Waals surface area (Å²) < 4.78 is 8.25. The molecule has 0 aliphatic carbocycles. The highest BCUT2D eigenvalue weighted by Crippen LogP contribution is 2.31. The number of nitrogens with zero attached hydrogens (tertiary/aromatic N) is 5. The molecule has 3 aromatic heterocycles. The van der Waals surface area contributed by atoms with Crippen LogP contribution >= 0.6 is 11.3 Å². The SMILES string of the molecule is COc1ccc2nc(-n3nc(C)cc3Nc3nc(C)nc(C)c3Cc3ccc(C)cc3)sc2c1. The zero-order valence-electron chi connectivity index (χ0n) is 19.9. The van der Waals surface area contributed by atoms with Crippen molar-refractivity contribution in [3.8, 4) is 10.9 Å². The minimum absolute atomic E-state index is 0.725. The second-order valence-electron chi connectivity index (χ2n) is 8.38. The highest BCUT2D eigenvalue weighted by molar-refractivity contribution is 7.20. The molecule has 5 rings (SSSR count). The van der Waals surface area contributed by atoms with Gasteiger partial charge in [0.2, 0.25) is 5.13 Å². The molecule has 1 N–H and O–H groups in total. The van der Waals surface area contributed by atoms with Gasteiger partial charge in [0.1, 0.15) is 23.2 Å². The van der Waals surface area contributed by atoms with Gasteiger partial charge in [-0.2, -0.15) is 9.78 Å². The molecule has 2 aromatic carbocycles. The molecule has 0 aliphatic rings. The lowest BCUT2D eigenvalue weighted by atomic mass is 10.0. The van der Waals surface area contributed by atoms with E-state index < -0.39 is 0 Å². The summed E-state index contributed by atoms with van der Waals surface area (Å²) in [5, 5.41) is 9.02. The van der Waals surface area contributed by atoms with Crippen LogP contribution in [0.15, 0.2) is 48.5 Å². The molecule has 0 amide bonds. The van der Waals surface area contributed by atoms with Crippen molar-refractivity contribution in [2.45, 2.75) is 34.1 Å². The predicted molar refractivity (Wildman–Crippen MR) is 137 cm³/mol. The fraction of sp³-hybridized carbons (Fsp3) is 0.231. The highest BCUT2D eigenvalue weighted by atomic mass is 32.1. The Morgan fingerprint density at radius 2 is 1.74 bits per heavy atom. The average Bonchev–Trinajstić information content (AvgIpc) is 3.39. The molecule has 5 aromatic rings. The third kappa shape index (κ3) is 4.36. The molecule has 0 atom stereocenters. The maximum atomic E-state index is 5.36. The molecule has 8 heteroatoms. The number of hydrogen-bond donors (Lipinski definition) is 1. The number of aryl methyl sites for hydroxylation is 4. The fourth-order valence-electron chi connectivity index (χ4n) is 3.93. The second kappa shape index (κ2) is 8.87. The lowest BCUT2D eigenvalue weighted by Crippen LogP contribution is -2.09. The normalized spacial score (nSPS) is 11.2. The van der Waals surface area contributed by atoms with E-state index in [-0.39, 0.29) is 0 Å². The summed E-state index contributed by atoms with van der Waals surface area (Å²) >= 11 is 1.57. The van der Waals surface area contributed by atoms with Gasteiger partial charge in [-0.1, -0.05) is 41.2 Å². The van der Waals surface area contributed by atoms with Crippen molar-refractivity contribution in [3.63, 3.8) is 0 Å². The first-order chi connectivity index (χ1) is 16.4. The minimum atomic E-state index is 0.725. The Morgan fingerprint density at radius 3 is 2.50 bits per heavy atom. The standard InChI is InChI=1S/C26H26N6OS/c1-15-6-8-19(9-7-15)13-21-17(3)27-18(4)28-25(21)30-24-12-16(2)31-32(24)26-29-22-11-10-20(33-5)14-23(22)34-26/h6-12,14H,13H2,1-5H3,(H,27,28,30). The third-order valence-electron chi connectivity index (χ3n) is 5.67. The van der Waals surface area contributed by atoms with Gasteiger partial charge in [0.25, 0.3) is 0 Å². The van der Waals surface area contributed by atoms with Gasteiger partial charge in [-0.05, 0) is 51.5 Å². The number of fused-ring (bicyclic) bond motifs is 1. The number of rotatable bonds is 6. The quantitative estimate of drug-likeness (QED) is 0.335. The molecule has 0 aliphatic heterocycles. The largest absolute Gasteiger partial charge is 0.497 e. The van der Waals surface area contributed by atoms with Crippen LogP contribution in [0.3, 0.4) is 0 Å². The Balaban J connectivity index is 1.54. The molecule has 0 spiro atoms. The Hall–Kier alpha value is -3.78. The molecule has 0 fully saturated rings. The van der Waals surface area contributed by atoms with Crippen LogP contribution in [0.1, 0.15) is 33.9 Å². The number of methoxy groups -OCH3 is 1. The van der Waals surface area contributed by atoms with Crippen molar-refractivity contribution in [1.82, 2.24) is 24.7 Å². The number of anilines is 2. The maximum Gasteiger partial charge on any atom is 0.213 e. The Labute approximate surface area is 202 Å². The summed E-state index contributed by atoms with van der Waals surface area (Å²) in [6, 6.07) is 16.5. The van der Waals surface area contributed by atoms with Crippen molar-refractivity contribution < 1.29 is 4.74 Å². The van der Waals surface area contributed by atoms with E-state index in [2.05, 4.69) is 41.5 Å². The first kappa shape index (κ1) is 22.0. The molecule has 0 bridgehead atoms. The molecule has 7 nitrogen and oxygen atoms in total. The maximum absolute atomic E-state index is 5.36. The molecule has 172 valence electrons. The summed E-state index contributed by atoms with van der Waals surface area (Å²) in [5.74, 6) is 3.13. The number of benzene rings is 2. The number of thiazole rings is 1. The molecule has 0 radical (unpaired) electrons. The van der Waals surface area contributed by atoms with Gasteiger partial charge in [-0.15, -0.1) is 0 Å². The minimum Gasteiger partial charge on any atom is -0.497 e. The lowest BCUT2D eigenvalue weighted by Gasteiger charge is -2.15. The summed E-state index contributed by atoms with van der Waals surface area (Å²) in [7, 11) is 1.67. The topological polar surface area (TPSA) is 77.8 Å². The summed E-state index contributed by atoms with van der Waals surface area (Å²) in [5.41, 5.74) is 6.29. The van der Waals surface area contributed by atoms with Crippen molar-refractivity contribution in [2.24, 2.45) is 0 Å². The van der Waals surface area contributed by atoms with Gasteiger partial charge in [0.15, 0.2) is 0 Å². The molecule has 0 saturated carbocycles. The van der Waals surface area contributed by atoms with E-state index in [0.29, 0.717) is 0 Å². The van der Waals surface area contributed by atoms with E-state index in [1.54, 1.807) is 18.4 Å². The van der Waals surface area contributed by atoms with E-state index in [0.717, 1.165) is 61.9 Å². The van der Waals surface area contributed by atoms with Gasteiger partial charge in [0, 0.05) is 23.7 Å². The average molecular weight is 471 g/mol. The molecule has 3 heterocycles. The van der Waals surface area contributed by atoms with Crippen LogP contribution in [-0.4, -0.2) is 31.8 Å². The van der Waals surface area contributed by atoms with Gasteiger partial charge in [0.05, 0.1) is 23.0 Å². The van der Waals surface area contributed by atoms with E-state index in [4.69, 9.17) is 19.8 Å². The van der Waals surface area contributed by atoms with E-state index in [1.807, 2.05) is 49.7 Å².